The van der Waals surface area contributed by atoms with Gasteiger partial charge >= 0.3 is 0 Å². The van der Waals surface area contributed by atoms with E-state index in [2.05, 4.69) is 10.3 Å². The summed E-state index contributed by atoms with van der Waals surface area (Å²) < 4.78 is 19.8. The van der Waals surface area contributed by atoms with Gasteiger partial charge in [0.25, 0.3) is 5.91 Å². The van der Waals surface area contributed by atoms with E-state index in [1.54, 1.807) is 6.07 Å². The number of halogens is 1. The monoisotopic (exact) mass is 467 g/mol. The number of aryl methyl sites for hydroxylation is 1. The Morgan fingerprint density at radius 2 is 1.88 bits per heavy atom. The predicted octanol–water partition coefficient (Wildman–Crippen LogP) is 3.00. The molecule has 0 atom stereocenters. The van der Waals surface area contributed by atoms with Crippen LogP contribution >= 0.6 is 0 Å². The third-order valence-electron chi connectivity index (χ3n) is 6.14. The maximum absolute atomic E-state index is 13.6. The highest BCUT2D eigenvalue weighted by atomic mass is 19.1. The van der Waals surface area contributed by atoms with Crippen LogP contribution in [0.25, 0.3) is 11.1 Å². The number of allylic oxidation sites excluding steroid dienone is 1. The minimum absolute atomic E-state index is 0.0716. The third kappa shape index (κ3) is 5.04. The van der Waals surface area contributed by atoms with Crippen molar-refractivity contribution in [1.29, 1.82) is 0 Å². The summed E-state index contributed by atoms with van der Waals surface area (Å²) in [5.41, 5.74) is 3.58. The lowest BCUT2D eigenvalue weighted by Gasteiger charge is -2.23. The largest absolute Gasteiger partial charge is 0.482 e. The summed E-state index contributed by atoms with van der Waals surface area (Å²) in [6.45, 7) is 5.90. The molecule has 1 aromatic carbocycles. The summed E-state index contributed by atoms with van der Waals surface area (Å²) in [6, 6.07) is 8.22. The van der Waals surface area contributed by atoms with Gasteiger partial charge in [0, 0.05) is 41.7 Å². The number of aromatic nitrogens is 1. The Morgan fingerprint density at radius 3 is 2.56 bits per heavy atom. The highest BCUT2D eigenvalue weighted by Gasteiger charge is 2.38. The van der Waals surface area contributed by atoms with Gasteiger partial charge in [-0.25, -0.2) is 4.39 Å². The molecule has 2 aliphatic rings. The molecule has 0 spiro atoms. The van der Waals surface area contributed by atoms with Crippen molar-refractivity contribution in [3.05, 3.63) is 71.0 Å². The first-order valence-electron chi connectivity index (χ1n) is 11.5. The zero-order valence-corrected chi connectivity index (χ0v) is 19.5. The molecule has 0 saturated carbocycles. The number of benzene rings is 1. The third-order valence-corrected chi connectivity index (χ3v) is 6.14. The Kier molecular flexibility index (Phi) is 7.11. The highest BCUT2D eigenvalue weighted by molar-refractivity contribution is 6.32. The normalized spacial score (nSPS) is 18.6. The molecule has 4 rings (SSSR count). The van der Waals surface area contributed by atoms with Crippen LogP contribution in [0.15, 0.2) is 48.4 Å². The zero-order valence-electron chi connectivity index (χ0n) is 19.5. The van der Waals surface area contributed by atoms with E-state index in [0.29, 0.717) is 35.7 Å². The number of aliphatic hydroxyl groups excluding tert-OH is 2. The molecule has 1 aromatic heterocycles. The molecule has 0 aliphatic carbocycles. The van der Waals surface area contributed by atoms with Crippen molar-refractivity contribution >= 4 is 22.7 Å². The molecule has 34 heavy (non-hydrogen) atoms. The van der Waals surface area contributed by atoms with E-state index in [0.717, 1.165) is 36.2 Å². The molecule has 180 valence electrons. The van der Waals surface area contributed by atoms with E-state index in [1.165, 1.54) is 12.1 Å². The first-order valence-corrected chi connectivity index (χ1v) is 11.5. The van der Waals surface area contributed by atoms with Crippen LogP contribution < -0.4 is 5.32 Å². The second-order valence-corrected chi connectivity index (χ2v) is 8.98. The minimum Gasteiger partial charge on any atom is -0.482 e. The average Bonchev–Trinajstić information content (AvgIpc) is 3.28. The second kappa shape index (κ2) is 10.0. The van der Waals surface area contributed by atoms with Gasteiger partial charge in [-0.05, 0) is 63.6 Å². The van der Waals surface area contributed by atoms with Gasteiger partial charge in [-0.1, -0.05) is 6.07 Å². The second-order valence-electron chi connectivity index (χ2n) is 8.98. The maximum atomic E-state index is 13.6. The molecule has 3 heterocycles. The van der Waals surface area contributed by atoms with Gasteiger partial charge in [-0.15, -0.1) is 0 Å². The van der Waals surface area contributed by atoms with E-state index < -0.39 is 11.4 Å². The number of ether oxygens (including phenoxy) is 1. The van der Waals surface area contributed by atoms with E-state index in [9.17, 15) is 9.18 Å². The smallest absolute Gasteiger partial charge is 0.260 e. The number of hydrogen-bond donors (Lipinski definition) is 3. The van der Waals surface area contributed by atoms with Crippen molar-refractivity contribution in [1.82, 2.24) is 9.88 Å². The fourth-order valence-corrected chi connectivity index (χ4v) is 4.44. The molecule has 8 heteroatoms. The lowest BCUT2D eigenvalue weighted by molar-refractivity contribution is -0.111. The lowest BCUT2D eigenvalue weighted by Crippen LogP contribution is -2.31. The van der Waals surface area contributed by atoms with Crippen molar-refractivity contribution < 1.29 is 24.1 Å². The van der Waals surface area contributed by atoms with Gasteiger partial charge in [0.1, 0.15) is 17.2 Å². The summed E-state index contributed by atoms with van der Waals surface area (Å²) in [5, 5.41) is 21.0. The van der Waals surface area contributed by atoms with Crippen LogP contribution in [0.2, 0.25) is 0 Å². The van der Waals surface area contributed by atoms with Gasteiger partial charge in [-0.3, -0.25) is 14.7 Å². The van der Waals surface area contributed by atoms with Crippen molar-refractivity contribution in [3.8, 4) is 0 Å². The van der Waals surface area contributed by atoms with Crippen LogP contribution in [0, 0.1) is 5.82 Å². The predicted molar refractivity (Wildman–Crippen MR) is 128 cm³/mol. The number of hydrogen-bond acceptors (Lipinski definition) is 6. The number of anilines is 1. The maximum Gasteiger partial charge on any atom is 0.260 e. The number of pyridine rings is 1. The molecule has 0 saturated heterocycles. The van der Waals surface area contributed by atoms with Crippen LogP contribution in [0.3, 0.4) is 0 Å². The lowest BCUT2D eigenvalue weighted by atomic mass is 9.93. The van der Waals surface area contributed by atoms with Gasteiger partial charge in [-0.2, -0.15) is 0 Å². The number of nitrogens with zero attached hydrogens (tertiary/aromatic N) is 2. The summed E-state index contributed by atoms with van der Waals surface area (Å²) in [6.07, 6.45) is 5.34. The standard InChI is InChI=1S/C26H30FN3O4/c1-26(2)21(15-23(34-26)24-20-8-6-18(27)14-22(20)29-25(24)33)17-5-7-19(28-16-17)4-3-9-30(10-12-31)11-13-32/h5-8,14-16,31-32H,3-4,9-13H2,1-2H3,(H,29,33)/b24-23+. The zero-order chi connectivity index (χ0) is 24.3. The first-order chi connectivity index (χ1) is 16.3. The minimum atomic E-state index is -0.663. The van der Waals surface area contributed by atoms with Crippen LogP contribution in [0.5, 0.6) is 0 Å². The summed E-state index contributed by atoms with van der Waals surface area (Å²) in [7, 11) is 0. The van der Waals surface area contributed by atoms with Gasteiger partial charge in [0.05, 0.1) is 24.5 Å². The molecule has 3 N–H and O–H groups in total. The average molecular weight is 468 g/mol. The summed E-state index contributed by atoms with van der Waals surface area (Å²) in [4.78, 5) is 19.3. The number of carbonyl (C=O) groups excluding carboxylic acids is 1. The van der Waals surface area contributed by atoms with Crippen molar-refractivity contribution in [3.63, 3.8) is 0 Å². The fraction of sp³-hybridized carbons (Fsp3) is 0.385. The number of amides is 1. The highest BCUT2D eigenvalue weighted by Crippen LogP contribution is 2.44. The number of aliphatic hydroxyl groups is 2. The summed E-state index contributed by atoms with van der Waals surface area (Å²) in [5.74, 6) is -0.261. The van der Waals surface area contributed by atoms with Gasteiger partial charge in [0.2, 0.25) is 0 Å². The Balaban J connectivity index is 1.51. The number of fused-ring (bicyclic) bond motifs is 1. The number of carbonyl (C=O) groups is 1. The molecular formula is C26H30FN3O4. The number of nitrogens with one attached hydrogen (secondary N) is 1. The van der Waals surface area contributed by atoms with Crippen LogP contribution in [0.1, 0.15) is 37.1 Å². The quantitative estimate of drug-likeness (QED) is 0.491. The molecule has 0 unspecified atom stereocenters. The van der Waals surface area contributed by atoms with Crippen molar-refractivity contribution in [2.45, 2.75) is 32.3 Å². The molecule has 0 bridgehead atoms. The summed E-state index contributed by atoms with van der Waals surface area (Å²) >= 11 is 0. The SMILES string of the molecule is CC1(C)O/C(=C2/C(=O)Nc3cc(F)ccc32)C=C1c1ccc(CCCN(CCO)CCO)nc1. The van der Waals surface area contributed by atoms with Gasteiger partial charge < -0.3 is 20.3 Å². The van der Waals surface area contributed by atoms with E-state index in [-0.39, 0.29) is 19.1 Å². The van der Waals surface area contributed by atoms with E-state index in [1.807, 2.05) is 43.2 Å². The molecule has 0 fully saturated rings. The fourth-order valence-electron chi connectivity index (χ4n) is 4.44. The Morgan fingerprint density at radius 1 is 1.12 bits per heavy atom. The van der Waals surface area contributed by atoms with Crippen LogP contribution in [-0.4, -0.2) is 64.5 Å². The van der Waals surface area contributed by atoms with E-state index in [4.69, 9.17) is 14.9 Å². The Hall–Kier alpha value is -3.07. The van der Waals surface area contributed by atoms with Crippen molar-refractivity contribution in [2.75, 3.05) is 38.2 Å². The molecule has 0 radical (unpaired) electrons. The topological polar surface area (TPSA) is 94.9 Å². The first kappa shape index (κ1) is 24.1. The van der Waals surface area contributed by atoms with Crippen LogP contribution in [-0.2, 0) is 16.0 Å². The molecular weight excluding hydrogens is 437 g/mol. The number of rotatable bonds is 9. The molecule has 2 aromatic rings. The molecule has 7 nitrogen and oxygen atoms in total. The molecule has 2 aliphatic heterocycles. The Bertz CT molecular complexity index is 1120. The van der Waals surface area contributed by atoms with Crippen LogP contribution in [0.4, 0.5) is 10.1 Å². The van der Waals surface area contributed by atoms with Crippen molar-refractivity contribution in [2.24, 2.45) is 0 Å². The van der Waals surface area contributed by atoms with E-state index >= 15 is 0 Å². The van der Waals surface area contributed by atoms with Gasteiger partial charge in [0.15, 0.2) is 0 Å². The molecule has 1 amide bonds. The Labute approximate surface area is 198 Å².